The van der Waals surface area contributed by atoms with Crippen LogP contribution in [0, 0.1) is 5.41 Å². The predicted molar refractivity (Wildman–Crippen MR) is 80.2 cm³/mol. The van der Waals surface area contributed by atoms with Crippen LogP contribution in [0.3, 0.4) is 0 Å². The monoisotopic (exact) mass is 329 g/mol. The molecule has 0 saturated carbocycles. The lowest BCUT2D eigenvalue weighted by atomic mass is 9.92. The molecule has 1 rings (SSSR count). The Morgan fingerprint density at radius 3 is 2.68 bits per heavy atom. The highest BCUT2D eigenvalue weighted by atomic mass is 79.9. The van der Waals surface area contributed by atoms with Gasteiger partial charge in [-0.3, -0.25) is 4.79 Å². The van der Waals surface area contributed by atoms with Crippen molar-refractivity contribution in [3.05, 3.63) is 10.7 Å². The highest BCUT2D eigenvalue weighted by molar-refractivity contribution is 9.10. The van der Waals surface area contributed by atoms with E-state index >= 15 is 0 Å². The van der Waals surface area contributed by atoms with Crippen LogP contribution in [0.2, 0.25) is 0 Å². The Bertz CT molecular complexity index is 450. The summed E-state index contributed by atoms with van der Waals surface area (Å²) in [7, 11) is 1.63. The second-order valence-corrected chi connectivity index (χ2v) is 5.59. The van der Waals surface area contributed by atoms with Crippen LogP contribution in [0.25, 0.3) is 0 Å². The molecule has 0 bridgehead atoms. The Hall–Kier alpha value is -1.37. The third-order valence-corrected chi connectivity index (χ3v) is 3.20. The second-order valence-electron chi connectivity index (χ2n) is 4.74. The minimum absolute atomic E-state index is 0.0166. The number of nitrogens with zero attached hydrogens (tertiary/aromatic N) is 2. The fourth-order valence-corrected chi connectivity index (χ4v) is 1.79. The van der Waals surface area contributed by atoms with E-state index in [1.807, 2.05) is 20.8 Å². The molecule has 3 N–H and O–H groups in total. The quantitative estimate of drug-likeness (QED) is 0.742. The van der Waals surface area contributed by atoms with Gasteiger partial charge in [0, 0.05) is 26.3 Å². The van der Waals surface area contributed by atoms with E-state index in [-0.39, 0.29) is 5.91 Å². The summed E-state index contributed by atoms with van der Waals surface area (Å²) in [5.41, 5.74) is -0.516. The van der Waals surface area contributed by atoms with Crippen LogP contribution >= 0.6 is 15.9 Å². The molecule has 6 nitrogen and oxygen atoms in total. The molecule has 0 unspecified atom stereocenters. The number of carbonyl (C=O) groups excluding carboxylic acids is 1. The molecule has 19 heavy (non-hydrogen) atoms. The fourth-order valence-electron chi connectivity index (χ4n) is 1.46. The molecule has 0 aliphatic carbocycles. The van der Waals surface area contributed by atoms with E-state index in [9.17, 15) is 4.79 Å². The standard InChI is InChI=1S/C12H20BrN5O/c1-5-15-11-16-6-8(13)9(18-11)17-7-12(2,3)10(19)14-4/h6H,5,7H2,1-4H3,(H,14,19)(H2,15,16,17,18). The van der Waals surface area contributed by atoms with E-state index in [0.717, 1.165) is 11.0 Å². The van der Waals surface area contributed by atoms with Crippen molar-refractivity contribution in [2.24, 2.45) is 5.41 Å². The van der Waals surface area contributed by atoms with E-state index in [1.165, 1.54) is 0 Å². The van der Waals surface area contributed by atoms with Crippen molar-refractivity contribution in [3.63, 3.8) is 0 Å². The highest BCUT2D eigenvalue weighted by Crippen LogP contribution is 2.22. The van der Waals surface area contributed by atoms with Crippen LogP contribution in [-0.4, -0.2) is 36.0 Å². The normalized spacial score (nSPS) is 11.0. The zero-order valence-corrected chi connectivity index (χ0v) is 13.3. The molecular weight excluding hydrogens is 310 g/mol. The maximum atomic E-state index is 11.7. The van der Waals surface area contributed by atoms with Gasteiger partial charge in [-0.05, 0) is 36.7 Å². The minimum Gasteiger partial charge on any atom is -0.368 e. The number of hydrogen-bond donors (Lipinski definition) is 3. The topological polar surface area (TPSA) is 78.9 Å². The molecule has 1 aromatic heterocycles. The molecule has 0 spiro atoms. The average Bonchev–Trinajstić information content (AvgIpc) is 2.38. The first-order valence-electron chi connectivity index (χ1n) is 6.13. The van der Waals surface area contributed by atoms with Crippen molar-refractivity contribution in [1.29, 1.82) is 0 Å². The zero-order chi connectivity index (χ0) is 14.5. The summed E-state index contributed by atoms with van der Waals surface area (Å²) in [5.74, 6) is 1.21. The molecule has 1 amide bonds. The van der Waals surface area contributed by atoms with Gasteiger partial charge in [-0.2, -0.15) is 4.98 Å². The number of amides is 1. The number of anilines is 2. The Morgan fingerprint density at radius 2 is 2.11 bits per heavy atom. The predicted octanol–water partition coefficient (Wildman–Crippen LogP) is 1.85. The maximum absolute atomic E-state index is 11.7. The SMILES string of the molecule is CCNc1ncc(Br)c(NCC(C)(C)C(=O)NC)n1. The molecule has 0 radical (unpaired) electrons. The lowest BCUT2D eigenvalue weighted by molar-refractivity contribution is -0.128. The van der Waals surface area contributed by atoms with Crippen LogP contribution in [0.1, 0.15) is 20.8 Å². The molecule has 0 atom stereocenters. The highest BCUT2D eigenvalue weighted by Gasteiger charge is 2.26. The lowest BCUT2D eigenvalue weighted by Crippen LogP contribution is -2.39. The van der Waals surface area contributed by atoms with Gasteiger partial charge in [-0.1, -0.05) is 0 Å². The fraction of sp³-hybridized carbons (Fsp3) is 0.583. The van der Waals surface area contributed by atoms with Crippen molar-refractivity contribution in [2.75, 3.05) is 30.8 Å². The van der Waals surface area contributed by atoms with Crippen molar-refractivity contribution < 1.29 is 4.79 Å². The summed E-state index contributed by atoms with van der Waals surface area (Å²) in [6.45, 7) is 6.96. The van der Waals surface area contributed by atoms with Gasteiger partial charge in [0.25, 0.3) is 0 Å². The third-order valence-electron chi connectivity index (χ3n) is 2.62. The molecule has 0 saturated heterocycles. The summed E-state index contributed by atoms with van der Waals surface area (Å²) in [6.07, 6.45) is 1.68. The molecule has 7 heteroatoms. The van der Waals surface area contributed by atoms with Gasteiger partial charge in [-0.25, -0.2) is 4.98 Å². The Morgan fingerprint density at radius 1 is 1.42 bits per heavy atom. The summed E-state index contributed by atoms with van der Waals surface area (Å²) in [6, 6.07) is 0. The Kier molecular flexibility index (Phi) is 5.53. The van der Waals surface area contributed by atoms with E-state index in [1.54, 1.807) is 13.2 Å². The van der Waals surface area contributed by atoms with Crippen molar-refractivity contribution in [1.82, 2.24) is 15.3 Å². The first-order chi connectivity index (χ1) is 8.90. The average molecular weight is 330 g/mol. The molecule has 106 valence electrons. The van der Waals surface area contributed by atoms with Gasteiger partial charge in [0.2, 0.25) is 11.9 Å². The van der Waals surface area contributed by atoms with Gasteiger partial charge in [0.15, 0.2) is 0 Å². The number of rotatable bonds is 6. The van der Waals surface area contributed by atoms with E-state index in [2.05, 4.69) is 41.8 Å². The zero-order valence-electron chi connectivity index (χ0n) is 11.7. The molecule has 0 fully saturated rings. The van der Waals surface area contributed by atoms with Gasteiger partial charge in [-0.15, -0.1) is 0 Å². The lowest BCUT2D eigenvalue weighted by Gasteiger charge is -2.23. The number of aromatic nitrogens is 2. The van der Waals surface area contributed by atoms with Crippen LogP contribution in [0.15, 0.2) is 10.7 Å². The van der Waals surface area contributed by atoms with Gasteiger partial charge < -0.3 is 16.0 Å². The number of hydrogen-bond acceptors (Lipinski definition) is 5. The minimum atomic E-state index is -0.516. The first kappa shape index (κ1) is 15.7. The van der Waals surface area contributed by atoms with Gasteiger partial charge in [0.05, 0.1) is 9.89 Å². The Labute approximate surface area is 121 Å². The first-order valence-corrected chi connectivity index (χ1v) is 6.92. The largest absolute Gasteiger partial charge is 0.368 e. The summed E-state index contributed by atoms with van der Waals surface area (Å²) >= 11 is 3.39. The number of halogens is 1. The molecule has 1 aromatic rings. The summed E-state index contributed by atoms with van der Waals surface area (Å²) < 4.78 is 0.766. The van der Waals surface area contributed by atoms with Crippen LogP contribution in [0.5, 0.6) is 0 Å². The summed E-state index contributed by atoms with van der Waals surface area (Å²) in [4.78, 5) is 20.2. The smallest absolute Gasteiger partial charge is 0.227 e. The van der Waals surface area contributed by atoms with Crippen molar-refractivity contribution in [2.45, 2.75) is 20.8 Å². The second kappa shape index (κ2) is 6.70. The molecule has 1 heterocycles. The van der Waals surface area contributed by atoms with E-state index in [4.69, 9.17) is 0 Å². The number of nitrogens with one attached hydrogen (secondary N) is 3. The molecule has 0 aromatic carbocycles. The number of carbonyl (C=O) groups is 1. The summed E-state index contributed by atoms with van der Waals surface area (Å²) in [5, 5.41) is 8.86. The van der Waals surface area contributed by atoms with Gasteiger partial charge >= 0.3 is 0 Å². The molecular formula is C12H20BrN5O. The van der Waals surface area contributed by atoms with Crippen LogP contribution < -0.4 is 16.0 Å². The molecule has 0 aliphatic heterocycles. The Balaban J connectivity index is 2.76. The van der Waals surface area contributed by atoms with E-state index < -0.39 is 5.41 Å². The van der Waals surface area contributed by atoms with Crippen LogP contribution in [0.4, 0.5) is 11.8 Å². The van der Waals surface area contributed by atoms with Crippen molar-refractivity contribution in [3.8, 4) is 0 Å². The molecule has 0 aliphatic rings. The third kappa shape index (κ3) is 4.34. The van der Waals surface area contributed by atoms with Crippen molar-refractivity contribution >= 4 is 33.6 Å². The van der Waals surface area contributed by atoms with Crippen LogP contribution in [-0.2, 0) is 4.79 Å². The van der Waals surface area contributed by atoms with E-state index in [0.29, 0.717) is 18.3 Å². The van der Waals surface area contributed by atoms with Gasteiger partial charge in [0.1, 0.15) is 5.82 Å². The maximum Gasteiger partial charge on any atom is 0.227 e.